The molecule has 18 valence electrons. The third-order valence-electron chi connectivity index (χ3n) is 0. The average molecular weight is 73.0 g/mol. The predicted molar refractivity (Wildman–Crippen MR) is 9.16 cm³/mol. The van der Waals surface area contributed by atoms with Gasteiger partial charge in [-0.2, -0.15) is 0 Å². The van der Waals surface area contributed by atoms with Gasteiger partial charge in [0.15, 0.2) is 0 Å². The van der Waals surface area contributed by atoms with Crippen molar-refractivity contribution in [2.75, 3.05) is 0 Å². The molecule has 0 rings (SSSR count). The molecule has 0 amide bonds. The summed E-state index contributed by atoms with van der Waals surface area (Å²) < 4.78 is 0. The molecule has 0 unspecified atom stereocenters. The molecule has 0 aliphatic carbocycles. The predicted octanol–water partition coefficient (Wildman–Crippen LogP) is -2.75. The first-order valence-corrected chi connectivity index (χ1v) is 0.365. The molecule has 3 nitrogen and oxygen atoms in total. The molecule has 0 aromatic rings. The zero-order chi connectivity index (χ0) is 2.71. The second-order valence-electron chi connectivity index (χ2n) is 0.0745. The van der Waals surface area contributed by atoms with Crippen molar-refractivity contribution in [2.24, 2.45) is 5.34 Å². The van der Waals surface area contributed by atoms with Gasteiger partial charge in [0.1, 0.15) is 0 Å². The fourth-order valence-electron chi connectivity index (χ4n) is 0. The number of rotatable bonds is 0. The Labute approximate surface area is 45.2 Å². The summed E-state index contributed by atoms with van der Waals surface area (Å²) in [5.74, 6) is 0. The molecule has 0 aliphatic heterocycles. The number of nitrogens with zero attached hydrogens (tertiary/aromatic N) is 1. The number of hydrogen-bond acceptors (Lipinski definition) is 3. The maximum atomic E-state index is 8.00. The van der Waals surface area contributed by atoms with Crippen LogP contribution in [0.5, 0.6) is 0 Å². The Morgan fingerprint density at radius 3 is 1.75 bits per heavy atom. The Morgan fingerprint density at radius 1 is 1.75 bits per heavy atom. The van der Waals surface area contributed by atoms with Crippen molar-refractivity contribution in [1.82, 2.24) is 0 Å². The molecule has 0 aromatic heterocycles. The molecule has 0 atom stereocenters. The summed E-state index contributed by atoms with van der Waals surface area (Å²) in [6, 6.07) is 0. The van der Waals surface area contributed by atoms with Crippen LogP contribution >= 0.6 is 0 Å². The van der Waals surface area contributed by atoms with Crippen LogP contribution in [-0.4, -0.2) is 0 Å². The molecule has 0 saturated carbocycles. The second-order valence-corrected chi connectivity index (χ2v) is 0.0745. The quantitative estimate of drug-likeness (QED) is 0.135. The smallest absolute Gasteiger partial charge is 0.444 e. The van der Waals surface area contributed by atoms with Gasteiger partial charge in [-0.05, 0) is 0 Å². The largest absolute Gasteiger partial charge is 1.00 e. The third kappa shape index (κ3) is 29.4. The van der Waals surface area contributed by atoms with Gasteiger partial charge in [0.25, 0.3) is 0 Å². The van der Waals surface area contributed by atoms with Crippen molar-refractivity contribution >= 4 is 0 Å². The molecule has 0 heterocycles. The van der Waals surface area contributed by atoms with Gasteiger partial charge in [-0.3, -0.25) is 0 Å². The summed E-state index contributed by atoms with van der Waals surface area (Å²) in [4.78, 5) is 8.00. The van der Waals surface area contributed by atoms with Crippen LogP contribution in [-0.2, 0) is 0 Å². The van der Waals surface area contributed by atoms with Gasteiger partial charge in [0.2, 0.25) is 0 Å². The van der Waals surface area contributed by atoms with Gasteiger partial charge in [0.05, 0.1) is 0 Å². The average Bonchev–Trinajstić information content (AvgIpc) is 0.918. The molecule has 4 heavy (non-hydrogen) atoms. The fourth-order valence-corrected chi connectivity index (χ4v) is 0. The molecule has 0 aromatic carbocycles. The molecular weight excluding hydrogens is 73.0 g/mol. The van der Waals surface area contributed by atoms with E-state index in [0.717, 1.165) is 5.34 Å². The minimum Gasteiger partial charge on any atom is -0.444 e. The molecule has 0 radical (unpaired) electrons. The van der Waals surface area contributed by atoms with Crippen molar-refractivity contribution in [3.8, 4) is 0 Å². The Hall–Kier alpha value is 0.400. The van der Waals surface area contributed by atoms with E-state index >= 15 is 0 Å². The summed E-state index contributed by atoms with van der Waals surface area (Å²) >= 11 is 0. The standard InChI is InChI=1S/HNO2.Na/c2-1-3;/h(H,2,3);/q;+1/p-1/i2+2,3+2;. The van der Waals surface area contributed by atoms with Crippen LogP contribution in [0.2, 0.25) is 0 Å². The van der Waals surface area contributed by atoms with E-state index in [1.807, 2.05) is 0 Å². The maximum absolute atomic E-state index is 8.00. The molecule has 0 fully saturated rings. The fraction of sp³-hybridized carbons (Fsp3) is 0. The summed E-state index contributed by atoms with van der Waals surface area (Å²) in [5.41, 5.74) is 0. The zero-order valence-electron chi connectivity index (χ0n) is 2.26. The van der Waals surface area contributed by atoms with E-state index in [1.54, 1.807) is 0 Å². The van der Waals surface area contributed by atoms with Gasteiger partial charge >= 0.3 is 29.6 Å². The van der Waals surface area contributed by atoms with Crippen molar-refractivity contribution in [2.45, 2.75) is 0 Å². The Kier molecular flexibility index (Phi) is 22.1. The number of hydrogen-bond donors (Lipinski definition) is 0. The molecule has 0 N–H and O–H groups in total. The van der Waals surface area contributed by atoms with Crippen LogP contribution in [0.1, 0.15) is 0 Å². The van der Waals surface area contributed by atoms with E-state index in [-0.39, 0.29) is 29.6 Å². The van der Waals surface area contributed by atoms with E-state index < -0.39 is 0 Å². The van der Waals surface area contributed by atoms with Crippen molar-refractivity contribution in [3.05, 3.63) is 10.1 Å². The maximum Gasteiger partial charge on any atom is 1.00 e. The molecule has 4 heteroatoms. The summed E-state index contributed by atoms with van der Waals surface area (Å²) in [6.07, 6.45) is 0. The van der Waals surface area contributed by atoms with E-state index in [4.69, 9.17) is 10.1 Å². The van der Waals surface area contributed by atoms with Gasteiger partial charge in [-0.1, -0.05) is 0 Å². The molecule has 0 saturated heterocycles. The van der Waals surface area contributed by atoms with Crippen LogP contribution in [0.25, 0.3) is 0 Å². The van der Waals surface area contributed by atoms with Crippen LogP contribution < -0.4 is 29.6 Å². The molecule has 0 aliphatic rings. The Balaban J connectivity index is 0. The zero-order valence-corrected chi connectivity index (χ0v) is 4.26. The van der Waals surface area contributed by atoms with Gasteiger partial charge in [-0.15, -0.1) is 5.34 Å². The van der Waals surface area contributed by atoms with E-state index in [2.05, 4.69) is 0 Å². The van der Waals surface area contributed by atoms with E-state index in [9.17, 15) is 0 Å². The van der Waals surface area contributed by atoms with Crippen LogP contribution in [0.4, 0.5) is 0 Å². The summed E-state index contributed by atoms with van der Waals surface area (Å²) in [6.45, 7) is 0. The monoisotopic (exact) mass is 73.0 g/mol. The second kappa shape index (κ2) is 9.99. The first-order valence-electron chi connectivity index (χ1n) is 0.365. The van der Waals surface area contributed by atoms with Crippen LogP contribution in [0.15, 0.2) is 5.34 Å². The van der Waals surface area contributed by atoms with Crippen molar-refractivity contribution in [3.63, 3.8) is 0 Å². The third-order valence-corrected chi connectivity index (χ3v) is 0. The first kappa shape index (κ1) is 8.83. The summed E-state index contributed by atoms with van der Waals surface area (Å²) in [5, 5.41) is 9.00. The van der Waals surface area contributed by atoms with Crippen molar-refractivity contribution < 1.29 is 29.6 Å². The normalized spacial score (nSPS) is 3.00. The Morgan fingerprint density at radius 2 is 1.75 bits per heavy atom. The van der Waals surface area contributed by atoms with Gasteiger partial charge < -0.3 is 10.1 Å². The van der Waals surface area contributed by atoms with Crippen LogP contribution in [0.3, 0.4) is 0 Å². The molecule has 0 bridgehead atoms. The summed E-state index contributed by atoms with van der Waals surface area (Å²) in [7, 11) is 0. The minimum absolute atomic E-state index is 0. The Bertz CT molecular complexity index is 13.5. The first-order chi connectivity index (χ1) is 1.41. The van der Waals surface area contributed by atoms with Gasteiger partial charge in [-0.25, -0.2) is 0 Å². The topological polar surface area (TPSA) is 52.5 Å². The minimum atomic E-state index is 0. The van der Waals surface area contributed by atoms with E-state index in [1.165, 1.54) is 0 Å². The van der Waals surface area contributed by atoms with E-state index in [0.29, 0.717) is 0 Å². The molecular formula is NNaO2. The van der Waals surface area contributed by atoms with Gasteiger partial charge in [0, 0.05) is 0 Å². The van der Waals surface area contributed by atoms with Crippen molar-refractivity contribution in [1.29, 1.82) is 0 Å². The SMILES string of the molecule is [18O]=N[18O-].[Na+]. The van der Waals surface area contributed by atoms with Crippen LogP contribution in [0, 0.1) is 10.1 Å². The molecule has 0 spiro atoms.